The second-order valence-electron chi connectivity index (χ2n) is 3.64. The largest absolute Gasteiger partial charge is 0.354 e. The lowest BCUT2D eigenvalue weighted by atomic mass is 10.1. The summed E-state index contributed by atoms with van der Waals surface area (Å²) >= 11 is 12.3. The van der Waals surface area contributed by atoms with Gasteiger partial charge in [0.05, 0.1) is 6.04 Å². The van der Waals surface area contributed by atoms with E-state index in [1.807, 2.05) is 25.2 Å². The van der Waals surface area contributed by atoms with Gasteiger partial charge in [-0.1, -0.05) is 29.3 Å². The first-order chi connectivity index (χ1) is 8.13. The quantitative estimate of drug-likeness (QED) is 0.812. The van der Waals surface area contributed by atoms with Gasteiger partial charge in [0, 0.05) is 24.3 Å². The Labute approximate surface area is 112 Å². The van der Waals surface area contributed by atoms with Gasteiger partial charge in [-0.3, -0.25) is 0 Å². The molecule has 0 spiro atoms. The molecule has 0 radical (unpaired) electrons. The molecule has 1 unspecified atom stereocenters. The van der Waals surface area contributed by atoms with Crippen LogP contribution in [0, 0.1) is 0 Å². The van der Waals surface area contributed by atoms with Gasteiger partial charge in [0.25, 0.3) is 0 Å². The Morgan fingerprint density at radius 1 is 1.18 bits per heavy atom. The highest BCUT2D eigenvalue weighted by atomic mass is 35.5. The van der Waals surface area contributed by atoms with Crippen LogP contribution in [-0.2, 0) is 15.9 Å². The van der Waals surface area contributed by atoms with Crippen LogP contribution in [0.3, 0.4) is 0 Å². The van der Waals surface area contributed by atoms with Gasteiger partial charge < -0.3 is 14.8 Å². The zero-order chi connectivity index (χ0) is 12.8. The molecule has 1 atom stereocenters. The first-order valence-corrected chi connectivity index (χ1v) is 6.05. The standard InChI is InChI=1S/C12H17Cl2NO2/c1-15-11(12(16-2)17-3)7-8-9(13)5-4-6-10(8)14/h4-6,11-12,15H,7H2,1-3H3. The first kappa shape index (κ1) is 14.7. The van der Waals surface area contributed by atoms with Gasteiger partial charge in [0.1, 0.15) is 0 Å². The van der Waals surface area contributed by atoms with Crippen LogP contribution in [0.4, 0.5) is 0 Å². The van der Waals surface area contributed by atoms with E-state index >= 15 is 0 Å². The van der Waals surface area contributed by atoms with Crippen molar-refractivity contribution in [2.24, 2.45) is 0 Å². The van der Waals surface area contributed by atoms with Gasteiger partial charge in [-0.2, -0.15) is 0 Å². The Bertz CT molecular complexity index is 336. The van der Waals surface area contributed by atoms with Crippen molar-refractivity contribution in [1.29, 1.82) is 0 Å². The summed E-state index contributed by atoms with van der Waals surface area (Å²) in [6, 6.07) is 5.46. The maximum absolute atomic E-state index is 6.13. The summed E-state index contributed by atoms with van der Waals surface area (Å²) in [5.74, 6) is 0. The normalized spacial score (nSPS) is 13.1. The molecular weight excluding hydrogens is 261 g/mol. The lowest BCUT2D eigenvalue weighted by molar-refractivity contribution is -0.121. The van der Waals surface area contributed by atoms with E-state index in [1.165, 1.54) is 0 Å². The molecule has 0 aromatic heterocycles. The average molecular weight is 278 g/mol. The molecule has 96 valence electrons. The molecule has 1 rings (SSSR count). The van der Waals surface area contributed by atoms with E-state index in [-0.39, 0.29) is 12.3 Å². The number of nitrogens with one attached hydrogen (secondary N) is 1. The minimum Gasteiger partial charge on any atom is -0.354 e. The summed E-state index contributed by atoms with van der Waals surface area (Å²) < 4.78 is 10.5. The minimum absolute atomic E-state index is 0.0117. The smallest absolute Gasteiger partial charge is 0.172 e. The lowest BCUT2D eigenvalue weighted by Crippen LogP contribution is -2.41. The topological polar surface area (TPSA) is 30.5 Å². The maximum Gasteiger partial charge on any atom is 0.172 e. The molecule has 1 N–H and O–H groups in total. The third-order valence-electron chi connectivity index (χ3n) is 2.65. The van der Waals surface area contributed by atoms with Crippen molar-refractivity contribution in [3.05, 3.63) is 33.8 Å². The minimum atomic E-state index is -0.340. The van der Waals surface area contributed by atoms with Crippen molar-refractivity contribution in [1.82, 2.24) is 5.32 Å². The highest BCUT2D eigenvalue weighted by Crippen LogP contribution is 2.26. The summed E-state index contributed by atoms with van der Waals surface area (Å²) in [6.07, 6.45) is 0.300. The maximum atomic E-state index is 6.13. The molecule has 0 fully saturated rings. The Morgan fingerprint density at radius 3 is 2.12 bits per heavy atom. The van der Waals surface area contributed by atoms with Crippen molar-refractivity contribution in [3.63, 3.8) is 0 Å². The number of hydrogen-bond acceptors (Lipinski definition) is 3. The number of methoxy groups -OCH3 is 2. The van der Waals surface area contributed by atoms with Gasteiger partial charge in [-0.05, 0) is 31.2 Å². The summed E-state index contributed by atoms with van der Waals surface area (Å²) in [7, 11) is 5.06. The summed E-state index contributed by atoms with van der Waals surface area (Å²) in [4.78, 5) is 0. The zero-order valence-corrected chi connectivity index (χ0v) is 11.7. The molecule has 0 amide bonds. The van der Waals surface area contributed by atoms with E-state index < -0.39 is 0 Å². The number of halogens is 2. The number of ether oxygens (including phenoxy) is 2. The van der Waals surface area contributed by atoms with Crippen LogP contribution in [0.2, 0.25) is 10.0 Å². The fraction of sp³-hybridized carbons (Fsp3) is 0.500. The van der Waals surface area contributed by atoms with Gasteiger partial charge >= 0.3 is 0 Å². The van der Waals surface area contributed by atoms with Gasteiger partial charge in [0.15, 0.2) is 6.29 Å². The summed E-state index contributed by atoms with van der Waals surface area (Å²) in [5, 5.41) is 4.45. The highest BCUT2D eigenvalue weighted by Gasteiger charge is 2.21. The van der Waals surface area contributed by atoms with Crippen molar-refractivity contribution in [2.75, 3.05) is 21.3 Å². The number of hydrogen-bond donors (Lipinski definition) is 1. The highest BCUT2D eigenvalue weighted by molar-refractivity contribution is 6.35. The van der Waals surface area contributed by atoms with E-state index in [4.69, 9.17) is 32.7 Å². The molecular formula is C12H17Cl2NO2. The van der Waals surface area contributed by atoms with E-state index in [2.05, 4.69) is 5.32 Å². The van der Waals surface area contributed by atoms with Crippen LogP contribution in [0.15, 0.2) is 18.2 Å². The molecule has 0 bridgehead atoms. The molecule has 17 heavy (non-hydrogen) atoms. The predicted molar refractivity (Wildman–Crippen MR) is 70.8 cm³/mol. The first-order valence-electron chi connectivity index (χ1n) is 5.29. The Hall–Kier alpha value is -0.320. The van der Waals surface area contributed by atoms with Gasteiger partial charge in [-0.15, -0.1) is 0 Å². The van der Waals surface area contributed by atoms with Crippen LogP contribution in [0.5, 0.6) is 0 Å². The fourth-order valence-electron chi connectivity index (χ4n) is 1.71. The molecule has 0 aliphatic rings. The van der Waals surface area contributed by atoms with Crippen LogP contribution >= 0.6 is 23.2 Å². The SMILES string of the molecule is CNC(Cc1c(Cl)cccc1Cl)C(OC)OC. The lowest BCUT2D eigenvalue weighted by Gasteiger charge is -2.25. The second kappa shape index (κ2) is 7.19. The van der Waals surface area contributed by atoms with E-state index in [0.29, 0.717) is 16.5 Å². The number of likely N-dealkylation sites (N-methyl/N-ethyl adjacent to an activating group) is 1. The fourth-order valence-corrected chi connectivity index (χ4v) is 2.26. The molecule has 1 aromatic carbocycles. The van der Waals surface area contributed by atoms with Crippen molar-refractivity contribution in [2.45, 2.75) is 18.8 Å². The molecule has 0 aliphatic carbocycles. The molecule has 0 heterocycles. The molecule has 0 saturated carbocycles. The summed E-state index contributed by atoms with van der Waals surface area (Å²) in [6.45, 7) is 0. The predicted octanol–water partition coefficient (Wildman–Crippen LogP) is 2.74. The van der Waals surface area contributed by atoms with Gasteiger partial charge in [-0.25, -0.2) is 0 Å². The van der Waals surface area contributed by atoms with Crippen LogP contribution in [-0.4, -0.2) is 33.6 Å². The Kier molecular flexibility index (Phi) is 6.23. The van der Waals surface area contributed by atoms with E-state index in [9.17, 15) is 0 Å². The van der Waals surface area contributed by atoms with Crippen molar-refractivity contribution >= 4 is 23.2 Å². The van der Waals surface area contributed by atoms with Crippen LogP contribution < -0.4 is 5.32 Å². The summed E-state index contributed by atoms with van der Waals surface area (Å²) in [5.41, 5.74) is 0.897. The third-order valence-corrected chi connectivity index (χ3v) is 3.36. The monoisotopic (exact) mass is 277 g/mol. The second-order valence-corrected chi connectivity index (χ2v) is 4.45. The Morgan fingerprint density at radius 2 is 1.71 bits per heavy atom. The van der Waals surface area contributed by atoms with E-state index in [1.54, 1.807) is 14.2 Å². The van der Waals surface area contributed by atoms with Crippen LogP contribution in [0.1, 0.15) is 5.56 Å². The number of benzene rings is 1. The van der Waals surface area contributed by atoms with Crippen molar-refractivity contribution < 1.29 is 9.47 Å². The average Bonchev–Trinajstić information content (AvgIpc) is 2.33. The Balaban J connectivity index is 2.87. The third kappa shape index (κ3) is 3.83. The molecule has 5 heteroatoms. The van der Waals surface area contributed by atoms with Crippen LogP contribution in [0.25, 0.3) is 0 Å². The molecule has 3 nitrogen and oxygen atoms in total. The van der Waals surface area contributed by atoms with E-state index in [0.717, 1.165) is 5.56 Å². The zero-order valence-electron chi connectivity index (χ0n) is 10.2. The molecule has 0 aliphatic heterocycles. The number of rotatable bonds is 6. The molecule has 0 saturated heterocycles. The molecule has 1 aromatic rings. The van der Waals surface area contributed by atoms with Gasteiger partial charge in [0.2, 0.25) is 0 Å². The van der Waals surface area contributed by atoms with Crippen molar-refractivity contribution in [3.8, 4) is 0 Å².